The quantitative estimate of drug-likeness (QED) is 0.648. The van der Waals surface area contributed by atoms with Gasteiger partial charge in [0.05, 0.1) is 0 Å². The molecule has 0 radical (unpaired) electrons. The van der Waals surface area contributed by atoms with Gasteiger partial charge in [-0.1, -0.05) is 88.7 Å². The Balaban J connectivity index is 1.89. The molecule has 0 atom stereocenters. The molecule has 0 spiro atoms. The van der Waals surface area contributed by atoms with Crippen LogP contribution in [0.2, 0.25) is 0 Å². The van der Waals surface area contributed by atoms with Crippen molar-refractivity contribution < 1.29 is 14.6 Å². The van der Waals surface area contributed by atoms with E-state index in [1.54, 1.807) is 48.5 Å². The largest absolute Gasteiger partial charge is 0.458 e. The van der Waals surface area contributed by atoms with Crippen molar-refractivity contribution in [2.45, 2.75) is 12.2 Å². The standard InChI is InChI=1S/C21H17BrO3/c22-19-13-11-16(12-14-19)15-25-20(23)21(24,17-7-3-1-4-8-17)18-9-5-2-6-10-18/h1-14,24H,15H2. The lowest BCUT2D eigenvalue weighted by molar-refractivity contribution is -0.163. The molecule has 0 aromatic heterocycles. The monoisotopic (exact) mass is 396 g/mol. The Kier molecular flexibility index (Phi) is 5.31. The van der Waals surface area contributed by atoms with E-state index in [9.17, 15) is 9.90 Å². The van der Waals surface area contributed by atoms with E-state index in [-0.39, 0.29) is 6.61 Å². The van der Waals surface area contributed by atoms with Gasteiger partial charge in [-0.3, -0.25) is 0 Å². The highest BCUT2D eigenvalue weighted by Crippen LogP contribution is 2.31. The fourth-order valence-electron chi connectivity index (χ4n) is 2.60. The Morgan fingerprint density at radius 1 is 0.840 bits per heavy atom. The number of carbonyl (C=O) groups excluding carboxylic acids is 1. The number of aliphatic hydroxyl groups is 1. The van der Waals surface area contributed by atoms with Gasteiger partial charge < -0.3 is 9.84 Å². The van der Waals surface area contributed by atoms with Crippen molar-refractivity contribution in [3.05, 3.63) is 106 Å². The summed E-state index contributed by atoms with van der Waals surface area (Å²) in [4.78, 5) is 12.8. The number of esters is 1. The van der Waals surface area contributed by atoms with E-state index in [1.807, 2.05) is 36.4 Å². The van der Waals surface area contributed by atoms with Gasteiger partial charge in [0, 0.05) is 4.47 Å². The van der Waals surface area contributed by atoms with Crippen LogP contribution in [0, 0.1) is 0 Å². The molecule has 0 amide bonds. The van der Waals surface area contributed by atoms with Crippen molar-refractivity contribution in [1.29, 1.82) is 0 Å². The van der Waals surface area contributed by atoms with Crippen molar-refractivity contribution in [3.8, 4) is 0 Å². The molecule has 0 aliphatic heterocycles. The minimum atomic E-state index is -1.85. The lowest BCUT2D eigenvalue weighted by atomic mass is 9.86. The van der Waals surface area contributed by atoms with E-state index in [0.717, 1.165) is 10.0 Å². The molecule has 3 aromatic carbocycles. The summed E-state index contributed by atoms with van der Waals surface area (Å²) in [7, 11) is 0. The molecule has 0 saturated heterocycles. The van der Waals surface area contributed by atoms with Crippen LogP contribution in [0.3, 0.4) is 0 Å². The summed E-state index contributed by atoms with van der Waals surface area (Å²) in [5, 5.41) is 11.3. The Morgan fingerprint density at radius 3 is 1.80 bits per heavy atom. The second kappa shape index (κ2) is 7.64. The third kappa shape index (κ3) is 3.81. The average Bonchev–Trinajstić information content (AvgIpc) is 2.68. The lowest BCUT2D eigenvalue weighted by Gasteiger charge is -2.27. The molecule has 3 aromatic rings. The maximum Gasteiger partial charge on any atom is 0.348 e. The van der Waals surface area contributed by atoms with Crippen LogP contribution in [0.1, 0.15) is 16.7 Å². The zero-order valence-corrected chi connectivity index (χ0v) is 15.0. The van der Waals surface area contributed by atoms with Crippen LogP contribution >= 0.6 is 15.9 Å². The van der Waals surface area contributed by atoms with E-state index in [1.165, 1.54) is 0 Å². The summed E-state index contributed by atoms with van der Waals surface area (Å²) in [6, 6.07) is 25.1. The number of ether oxygens (including phenoxy) is 1. The molecule has 0 fully saturated rings. The van der Waals surface area contributed by atoms with Gasteiger partial charge in [0.2, 0.25) is 5.60 Å². The number of hydrogen-bond donors (Lipinski definition) is 1. The Bertz CT molecular complexity index is 791. The Labute approximate surface area is 155 Å². The summed E-state index contributed by atoms with van der Waals surface area (Å²) in [5.74, 6) is -0.701. The van der Waals surface area contributed by atoms with Gasteiger partial charge in [0.25, 0.3) is 0 Å². The highest BCUT2D eigenvalue weighted by atomic mass is 79.9. The summed E-state index contributed by atoms with van der Waals surface area (Å²) < 4.78 is 6.39. The van der Waals surface area contributed by atoms with Crippen molar-refractivity contribution in [3.63, 3.8) is 0 Å². The molecule has 0 saturated carbocycles. The molecule has 3 nitrogen and oxygen atoms in total. The van der Waals surface area contributed by atoms with Crippen molar-refractivity contribution >= 4 is 21.9 Å². The van der Waals surface area contributed by atoms with Gasteiger partial charge in [-0.2, -0.15) is 0 Å². The molecule has 4 heteroatoms. The first-order valence-corrected chi connectivity index (χ1v) is 8.65. The Morgan fingerprint density at radius 2 is 1.32 bits per heavy atom. The molecular weight excluding hydrogens is 380 g/mol. The summed E-state index contributed by atoms with van der Waals surface area (Å²) in [6.45, 7) is 0.0914. The van der Waals surface area contributed by atoms with Crippen molar-refractivity contribution in [2.24, 2.45) is 0 Å². The van der Waals surface area contributed by atoms with E-state index >= 15 is 0 Å². The molecule has 126 valence electrons. The zero-order chi connectivity index (χ0) is 17.7. The van der Waals surface area contributed by atoms with Crippen LogP contribution in [0.15, 0.2) is 89.4 Å². The van der Waals surface area contributed by atoms with Crippen LogP contribution in [0.5, 0.6) is 0 Å². The fourth-order valence-corrected chi connectivity index (χ4v) is 2.86. The maximum atomic E-state index is 12.8. The van der Waals surface area contributed by atoms with Crippen LogP contribution < -0.4 is 0 Å². The molecule has 25 heavy (non-hydrogen) atoms. The van der Waals surface area contributed by atoms with E-state index in [4.69, 9.17) is 4.74 Å². The predicted molar refractivity (Wildman–Crippen MR) is 99.8 cm³/mol. The van der Waals surface area contributed by atoms with E-state index < -0.39 is 11.6 Å². The number of rotatable bonds is 5. The first kappa shape index (κ1) is 17.4. The molecule has 3 rings (SSSR count). The fraction of sp³-hybridized carbons (Fsp3) is 0.0952. The van der Waals surface area contributed by atoms with E-state index in [2.05, 4.69) is 15.9 Å². The zero-order valence-electron chi connectivity index (χ0n) is 13.4. The molecular formula is C21H17BrO3. The number of halogens is 1. The molecule has 0 aliphatic carbocycles. The third-order valence-electron chi connectivity index (χ3n) is 3.96. The highest BCUT2D eigenvalue weighted by molar-refractivity contribution is 9.10. The third-order valence-corrected chi connectivity index (χ3v) is 4.49. The van der Waals surface area contributed by atoms with Crippen molar-refractivity contribution in [1.82, 2.24) is 0 Å². The van der Waals surface area contributed by atoms with Crippen LogP contribution in [0.25, 0.3) is 0 Å². The second-order valence-corrected chi connectivity index (χ2v) is 6.56. The summed E-state index contributed by atoms with van der Waals surface area (Å²) in [6.07, 6.45) is 0. The van der Waals surface area contributed by atoms with Gasteiger partial charge >= 0.3 is 5.97 Å². The van der Waals surface area contributed by atoms with Gasteiger partial charge in [0.15, 0.2) is 0 Å². The summed E-state index contributed by atoms with van der Waals surface area (Å²) >= 11 is 3.37. The van der Waals surface area contributed by atoms with Gasteiger partial charge in [0.1, 0.15) is 6.61 Å². The smallest absolute Gasteiger partial charge is 0.348 e. The van der Waals surface area contributed by atoms with Gasteiger partial charge in [-0.05, 0) is 28.8 Å². The van der Waals surface area contributed by atoms with Crippen LogP contribution in [-0.2, 0) is 21.7 Å². The van der Waals surface area contributed by atoms with Crippen LogP contribution in [0.4, 0.5) is 0 Å². The SMILES string of the molecule is O=C(OCc1ccc(Br)cc1)C(O)(c1ccccc1)c1ccccc1. The lowest BCUT2D eigenvalue weighted by Crippen LogP contribution is -2.38. The highest BCUT2D eigenvalue weighted by Gasteiger charge is 2.41. The second-order valence-electron chi connectivity index (χ2n) is 5.65. The predicted octanol–water partition coefficient (Wildman–Crippen LogP) is 4.43. The number of benzene rings is 3. The minimum absolute atomic E-state index is 0.0914. The normalized spacial score (nSPS) is 11.1. The average molecular weight is 397 g/mol. The maximum absolute atomic E-state index is 12.8. The molecule has 0 aliphatic rings. The number of carbonyl (C=O) groups is 1. The number of hydrogen-bond acceptors (Lipinski definition) is 3. The Hall–Kier alpha value is -2.43. The van der Waals surface area contributed by atoms with Crippen LogP contribution in [-0.4, -0.2) is 11.1 Å². The van der Waals surface area contributed by atoms with Gasteiger partial charge in [-0.25, -0.2) is 4.79 Å². The van der Waals surface area contributed by atoms with Crippen molar-refractivity contribution in [2.75, 3.05) is 0 Å². The summed E-state index contributed by atoms with van der Waals surface area (Å²) in [5.41, 5.74) is -0.0539. The first-order chi connectivity index (χ1) is 12.1. The minimum Gasteiger partial charge on any atom is -0.458 e. The molecule has 0 unspecified atom stereocenters. The molecule has 1 N–H and O–H groups in total. The molecule has 0 heterocycles. The molecule has 0 bridgehead atoms. The van der Waals surface area contributed by atoms with Gasteiger partial charge in [-0.15, -0.1) is 0 Å². The first-order valence-electron chi connectivity index (χ1n) is 7.86. The van der Waals surface area contributed by atoms with E-state index in [0.29, 0.717) is 11.1 Å². The topological polar surface area (TPSA) is 46.5 Å².